The standard InChI is InChI=1S/C14H15F3N2O/c1-3-18-13-6-9(2)19-12-5-4-10(7-11(12)13)20-8-14(15,16)17/h4-7H,3,8H2,1-2H3,(H,18,19). The van der Waals surface area contributed by atoms with Crippen LogP contribution in [0.15, 0.2) is 24.3 Å². The second-order valence-electron chi connectivity index (χ2n) is 4.42. The van der Waals surface area contributed by atoms with Crippen LogP contribution in [-0.4, -0.2) is 24.3 Å². The summed E-state index contributed by atoms with van der Waals surface area (Å²) in [7, 11) is 0. The fourth-order valence-electron chi connectivity index (χ4n) is 1.93. The summed E-state index contributed by atoms with van der Waals surface area (Å²) < 4.78 is 41.2. The Morgan fingerprint density at radius 3 is 2.65 bits per heavy atom. The normalized spacial score (nSPS) is 11.7. The highest BCUT2D eigenvalue weighted by Gasteiger charge is 2.28. The maximum atomic E-state index is 12.2. The zero-order valence-corrected chi connectivity index (χ0v) is 11.2. The topological polar surface area (TPSA) is 34.2 Å². The Bertz CT molecular complexity index is 611. The first kappa shape index (κ1) is 14.4. The number of anilines is 1. The minimum Gasteiger partial charge on any atom is -0.484 e. The van der Waals surface area contributed by atoms with Crippen molar-refractivity contribution in [1.29, 1.82) is 0 Å². The van der Waals surface area contributed by atoms with Crippen LogP contribution in [0.2, 0.25) is 0 Å². The molecular formula is C14H15F3N2O. The molecule has 0 unspecified atom stereocenters. The van der Waals surface area contributed by atoms with Gasteiger partial charge in [-0.2, -0.15) is 13.2 Å². The lowest BCUT2D eigenvalue weighted by Crippen LogP contribution is -2.19. The molecule has 0 amide bonds. The summed E-state index contributed by atoms with van der Waals surface area (Å²) in [5.41, 5.74) is 2.41. The Balaban J connectivity index is 2.36. The first-order chi connectivity index (χ1) is 9.39. The summed E-state index contributed by atoms with van der Waals surface area (Å²) in [5, 5.41) is 3.92. The maximum absolute atomic E-state index is 12.2. The highest BCUT2D eigenvalue weighted by Crippen LogP contribution is 2.28. The van der Waals surface area contributed by atoms with Crippen molar-refractivity contribution in [3.63, 3.8) is 0 Å². The molecule has 2 rings (SSSR count). The molecule has 20 heavy (non-hydrogen) atoms. The number of aromatic nitrogens is 1. The first-order valence-corrected chi connectivity index (χ1v) is 6.24. The van der Waals surface area contributed by atoms with Gasteiger partial charge >= 0.3 is 6.18 Å². The summed E-state index contributed by atoms with van der Waals surface area (Å²) in [6, 6.07) is 6.59. The second-order valence-corrected chi connectivity index (χ2v) is 4.42. The van der Waals surface area contributed by atoms with Gasteiger partial charge in [0.1, 0.15) is 5.75 Å². The van der Waals surface area contributed by atoms with E-state index in [-0.39, 0.29) is 5.75 Å². The number of ether oxygens (including phenoxy) is 1. The molecule has 6 heteroatoms. The van der Waals surface area contributed by atoms with Crippen molar-refractivity contribution in [3.8, 4) is 5.75 Å². The Hall–Kier alpha value is -1.98. The van der Waals surface area contributed by atoms with Crippen LogP contribution in [0.5, 0.6) is 5.75 Å². The van der Waals surface area contributed by atoms with Gasteiger partial charge in [-0.3, -0.25) is 4.98 Å². The van der Waals surface area contributed by atoms with Crippen LogP contribution in [0.4, 0.5) is 18.9 Å². The molecule has 1 aromatic heterocycles. The van der Waals surface area contributed by atoms with Crippen LogP contribution in [0.25, 0.3) is 10.9 Å². The van der Waals surface area contributed by atoms with Gasteiger partial charge < -0.3 is 10.1 Å². The van der Waals surface area contributed by atoms with Gasteiger partial charge in [-0.15, -0.1) is 0 Å². The first-order valence-electron chi connectivity index (χ1n) is 6.24. The third-order valence-electron chi connectivity index (χ3n) is 2.68. The van der Waals surface area contributed by atoms with Crippen molar-refractivity contribution in [2.45, 2.75) is 20.0 Å². The zero-order valence-electron chi connectivity index (χ0n) is 11.2. The summed E-state index contributed by atoms with van der Waals surface area (Å²) >= 11 is 0. The van der Waals surface area contributed by atoms with Crippen molar-refractivity contribution in [2.75, 3.05) is 18.5 Å². The number of rotatable bonds is 4. The van der Waals surface area contributed by atoms with E-state index in [2.05, 4.69) is 10.3 Å². The van der Waals surface area contributed by atoms with E-state index < -0.39 is 12.8 Å². The molecule has 0 aliphatic heterocycles. The highest BCUT2D eigenvalue weighted by molar-refractivity contribution is 5.92. The Labute approximate surface area is 114 Å². The Morgan fingerprint density at radius 2 is 2.00 bits per heavy atom. The average Bonchev–Trinajstić information content (AvgIpc) is 2.36. The van der Waals surface area contributed by atoms with Crippen molar-refractivity contribution >= 4 is 16.6 Å². The molecular weight excluding hydrogens is 269 g/mol. The van der Waals surface area contributed by atoms with Gasteiger partial charge in [0.05, 0.1) is 5.52 Å². The second kappa shape index (κ2) is 5.56. The van der Waals surface area contributed by atoms with Crippen LogP contribution >= 0.6 is 0 Å². The monoisotopic (exact) mass is 284 g/mol. The number of nitrogens with zero attached hydrogens (tertiary/aromatic N) is 1. The van der Waals surface area contributed by atoms with Crippen molar-refractivity contribution in [3.05, 3.63) is 30.0 Å². The smallest absolute Gasteiger partial charge is 0.422 e. The minimum absolute atomic E-state index is 0.180. The minimum atomic E-state index is -4.34. The number of benzene rings is 1. The highest BCUT2D eigenvalue weighted by atomic mass is 19.4. The molecule has 2 aromatic rings. The number of nitrogens with one attached hydrogen (secondary N) is 1. The van der Waals surface area contributed by atoms with Gasteiger partial charge in [0.25, 0.3) is 0 Å². The molecule has 0 aliphatic rings. The van der Waals surface area contributed by atoms with Crippen molar-refractivity contribution < 1.29 is 17.9 Å². The van der Waals surface area contributed by atoms with Crippen LogP contribution in [-0.2, 0) is 0 Å². The molecule has 1 heterocycles. The van der Waals surface area contributed by atoms with Crippen LogP contribution < -0.4 is 10.1 Å². The molecule has 0 aliphatic carbocycles. The predicted octanol–water partition coefficient (Wildman–Crippen LogP) is 3.92. The third kappa shape index (κ3) is 3.53. The average molecular weight is 284 g/mol. The molecule has 0 saturated carbocycles. The van der Waals surface area contributed by atoms with E-state index in [9.17, 15) is 13.2 Å². The largest absolute Gasteiger partial charge is 0.484 e. The SMILES string of the molecule is CCNc1cc(C)nc2ccc(OCC(F)(F)F)cc12. The number of aryl methyl sites for hydroxylation is 1. The van der Waals surface area contributed by atoms with Crippen LogP contribution in [0.3, 0.4) is 0 Å². The quantitative estimate of drug-likeness (QED) is 0.924. The van der Waals surface area contributed by atoms with Gasteiger partial charge in [0.2, 0.25) is 0 Å². The summed E-state index contributed by atoms with van der Waals surface area (Å²) in [6.45, 7) is 3.24. The predicted molar refractivity (Wildman–Crippen MR) is 72.2 cm³/mol. The number of fused-ring (bicyclic) bond motifs is 1. The number of hydrogen-bond donors (Lipinski definition) is 1. The zero-order chi connectivity index (χ0) is 14.8. The number of pyridine rings is 1. The molecule has 1 aromatic carbocycles. The lowest BCUT2D eigenvalue weighted by atomic mass is 10.1. The number of halogens is 3. The van der Waals surface area contributed by atoms with E-state index in [4.69, 9.17) is 4.74 Å². The molecule has 0 spiro atoms. The third-order valence-corrected chi connectivity index (χ3v) is 2.68. The van der Waals surface area contributed by atoms with Gasteiger partial charge in [0, 0.05) is 23.3 Å². The van der Waals surface area contributed by atoms with Crippen molar-refractivity contribution in [1.82, 2.24) is 4.98 Å². The van der Waals surface area contributed by atoms with E-state index in [1.165, 1.54) is 6.07 Å². The maximum Gasteiger partial charge on any atom is 0.422 e. The van der Waals surface area contributed by atoms with E-state index in [0.29, 0.717) is 6.54 Å². The van der Waals surface area contributed by atoms with E-state index >= 15 is 0 Å². The molecule has 0 fully saturated rings. The lowest BCUT2D eigenvalue weighted by molar-refractivity contribution is -0.153. The Kier molecular flexibility index (Phi) is 4.01. The van der Waals surface area contributed by atoms with Gasteiger partial charge in [0.15, 0.2) is 6.61 Å². The summed E-state index contributed by atoms with van der Waals surface area (Å²) in [5.74, 6) is 0.180. The fourth-order valence-corrected chi connectivity index (χ4v) is 1.93. The lowest BCUT2D eigenvalue weighted by Gasteiger charge is -2.12. The molecule has 3 nitrogen and oxygen atoms in total. The number of alkyl halides is 3. The van der Waals surface area contributed by atoms with E-state index in [0.717, 1.165) is 22.3 Å². The van der Waals surface area contributed by atoms with Gasteiger partial charge in [-0.25, -0.2) is 0 Å². The fraction of sp³-hybridized carbons (Fsp3) is 0.357. The van der Waals surface area contributed by atoms with Gasteiger partial charge in [-0.1, -0.05) is 0 Å². The van der Waals surface area contributed by atoms with E-state index in [1.807, 2.05) is 19.9 Å². The molecule has 0 atom stereocenters. The van der Waals surface area contributed by atoms with Gasteiger partial charge in [-0.05, 0) is 38.1 Å². The molecule has 1 N–H and O–H groups in total. The summed E-state index contributed by atoms with van der Waals surface area (Å²) in [4.78, 5) is 4.35. The number of hydrogen-bond acceptors (Lipinski definition) is 3. The molecule has 108 valence electrons. The molecule has 0 saturated heterocycles. The van der Waals surface area contributed by atoms with Crippen LogP contribution in [0.1, 0.15) is 12.6 Å². The van der Waals surface area contributed by atoms with Crippen molar-refractivity contribution in [2.24, 2.45) is 0 Å². The van der Waals surface area contributed by atoms with Crippen LogP contribution in [0, 0.1) is 6.92 Å². The Morgan fingerprint density at radius 1 is 1.25 bits per heavy atom. The van der Waals surface area contributed by atoms with E-state index in [1.54, 1.807) is 12.1 Å². The summed E-state index contributed by atoms with van der Waals surface area (Å²) in [6.07, 6.45) is -4.34. The molecule has 0 radical (unpaired) electrons. The molecule has 0 bridgehead atoms.